The molecule has 0 atom stereocenters. The van der Waals surface area contributed by atoms with Gasteiger partial charge in [0.25, 0.3) is 0 Å². The molecule has 0 radical (unpaired) electrons. The molecule has 0 fully saturated rings. The quantitative estimate of drug-likeness (QED) is 0.777. The lowest BCUT2D eigenvalue weighted by atomic mass is 10.2. The highest BCUT2D eigenvalue weighted by atomic mass is 32.2. The van der Waals surface area contributed by atoms with E-state index in [2.05, 4.69) is 16.6 Å². The van der Waals surface area contributed by atoms with Crippen LogP contribution in [0.15, 0.2) is 18.2 Å². The number of rotatable bonds is 6. The van der Waals surface area contributed by atoms with Crippen molar-refractivity contribution >= 4 is 15.7 Å². The first-order valence-corrected chi connectivity index (χ1v) is 8.00. The average molecular weight is 315 g/mol. The molecule has 0 aliphatic heterocycles. The fraction of sp³-hybridized carbons (Fsp3) is 0.429. The lowest BCUT2D eigenvalue weighted by molar-refractivity contribution is 0.0913. The number of ether oxygens (including phenoxy) is 1. The van der Waals surface area contributed by atoms with Gasteiger partial charge in [0.2, 0.25) is 10.0 Å². The zero-order valence-corrected chi connectivity index (χ0v) is 12.7. The van der Waals surface area contributed by atoms with Gasteiger partial charge in [-0.15, -0.1) is 0 Å². The molecular weight excluding hydrogens is 297 g/mol. The van der Waals surface area contributed by atoms with Gasteiger partial charge in [0.1, 0.15) is 12.4 Å². The summed E-state index contributed by atoms with van der Waals surface area (Å²) in [5, 5.41) is 8.59. The maximum absolute atomic E-state index is 13.4. The van der Waals surface area contributed by atoms with Crippen molar-refractivity contribution < 1.29 is 22.7 Å². The van der Waals surface area contributed by atoms with Crippen molar-refractivity contribution in [2.75, 3.05) is 23.7 Å². The summed E-state index contributed by atoms with van der Waals surface area (Å²) in [5.41, 5.74) is 0.228. The maximum Gasteiger partial charge on any atom is 0.235 e. The molecule has 1 aromatic rings. The normalized spacial score (nSPS) is 11.1. The molecule has 0 aliphatic rings. The van der Waals surface area contributed by atoms with E-state index in [4.69, 9.17) is 9.84 Å². The number of aliphatic hydroxyl groups excluding tert-OH is 1. The van der Waals surface area contributed by atoms with Gasteiger partial charge in [-0.2, -0.15) is 0 Å². The van der Waals surface area contributed by atoms with Crippen molar-refractivity contribution in [2.24, 2.45) is 0 Å². The van der Waals surface area contributed by atoms with Crippen LogP contribution in [0.1, 0.15) is 19.4 Å². The van der Waals surface area contributed by atoms with Crippen LogP contribution in [0, 0.1) is 17.7 Å². The van der Waals surface area contributed by atoms with E-state index >= 15 is 0 Å². The van der Waals surface area contributed by atoms with Crippen LogP contribution in [0.4, 0.5) is 10.1 Å². The van der Waals surface area contributed by atoms with E-state index in [0.717, 1.165) is 6.07 Å². The molecule has 0 spiro atoms. The monoisotopic (exact) mass is 315 g/mol. The van der Waals surface area contributed by atoms with Gasteiger partial charge in [-0.3, -0.25) is 4.72 Å². The molecule has 0 amide bonds. The van der Waals surface area contributed by atoms with Crippen LogP contribution in [-0.2, 0) is 14.8 Å². The third-order valence-electron chi connectivity index (χ3n) is 2.35. The third kappa shape index (κ3) is 6.58. The van der Waals surface area contributed by atoms with E-state index in [1.807, 2.05) is 13.8 Å². The van der Waals surface area contributed by atoms with Crippen LogP contribution in [0.3, 0.4) is 0 Å². The van der Waals surface area contributed by atoms with Gasteiger partial charge in [-0.05, 0) is 32.0 Å². The zero-order chi connectivity index (χ0) is 15.9. The van der Waals surface area contributed by atoms with Gasteiger partial charge < -0.3 is 9.84 Å². The number of aliphatic hydroxyl groups is 1. The standard InChI is InChI=1S/C14H18FNO4S/c1-11(2)20-8-9-21(18,19)16-13-5-6-14(15)12(10-13)4-3-7-17/h5-6,10-11,16-17H,7-9H2,1-2H3. The van der Waals surface area contributed by atoms with Crippen molar-refractivity contribution in [2.45, 2.75) is 20.0 Å². The van der Waals surface area contributed by atoms with Crippen molar-refractivity contribution in [1.82, 2.24) is 0 Å². The van der Waals surface area contributed by atoms with Crippen LogP contribution in [-0.4, -0.2) is 38.6 Å². The predicted octanol–water partition coefficient (Wildman–Crippen LogP) is 1.34. The molecule has 1 rings (SSSR count). The number of nitrogens with one attached hydrogen (secondary N) is 1. The van der Waals surface area contributed by atoms with E-state index in [-0.39, 0.29) is 29.7 Å². The van der Waals surface area contributed by atoms with Crippen LogP contribution in [0.25, 0.3) is 0 Å². The molecule has 21 heavy (non-hydrogen) atoms. The maximum atomic E-state index is 13.4. The van der Waals surface area contributed by atoms with Gasteiger partial charge in [-0.1, -0.05) is 11.8 Å². The van der Waals surface area contributed by atoms with E-state index in [0.29, 0.717) is 0 Å². The summed E-state index contributed by atoms with van der Waals surface area (Å²) in [6.45, 7) is 3.30. The molecule has 0 saturated heterocycles. The number of anilines is 1. The molecule has 0 saturated carbocycles. The Bertz CT molecular complexity index is 632. The molecule has 0 bridgehead atoms. The van der Waals surface area contributed by atoms with Crippen LogP contribution in [0.5, 0.6) is 0 Å². The molecule has 0 unspecified atom stereocenters. The Hall–Kier alpha value is -1.62. The fourth-order valence-electron chi connectivity index (χ4n) is 1.44. The van der Waals surface area contributed by atoms with Gasteiger partial charge >= 0.3 is 0 Å². The third-order valence-corrected chi connectivity index (χ3v) is 3.60. The first-order valence-electron chi connectivity index (χ1n) is 6.35. The number of halogens is 1. The second-order valence-corrected chi connectivity index (χ2v) is 6.34. The van der Waals surface area contributed by atoms with Crippen molar-refractivity contribution in [3.05, 3.63) is 29.6 Å². The highest BCUT2D eigenvalue weighted by Gasteiger charge is 2.12. The lowest BCUT2D eigenvalue weighted by Gasteiger charge is -2.10. The number of hydrogen-bond acceptors (Lipinski definition) is 4. The summed E-state index contributed by atoms with van der Waals surface area (Å²) < 4.78 is 44.6. The molecule has 0 aromatic heterocycles. The van der Waals surface area contributed by atoms with Crippen molar-refractivity contribution in [3.8, 4) is 11.8 Å². The minimum atomic E-state index is -3.58. The lowest BCUT2D eigenvalue weighted by Crippen LogP contribution is -2.21. The summed E-state index contributed by atoms with van der Waals surface area (Å²) in [6.07, 6.45) is -0.0496. The van der Waals surface area contributed by atoms with E-state index in [1.165, 1.54) is 12.1 Å². The molecule has 0 aliphatic carbocycles. The van der Waals surface area contributed by atoms with E-state index in [9.17, 15) is 12.8 Å². The van der Waals surface area contributed by atoms with E-state index in [1.54, 1.807) is 0 Å². The van der Waals surface area contributed by atoms with Crippen molar-refractivity contribution in [1.29, 1.82) is 0 Å². The molecule has 2 N–H and O–H groups in total. The van der Waals surface area contributed by atoms with Crippen LogP contribution < -0.4 is 4.72 Å². The second kappa shape index (κ2) is 7.98. The first-order chi connectivity index (χ1) is 9.84. The second-order valence-electron chi connectivity index (χ2n) is 4.49. The van der Waals surface area contributed by atoms with Crippen molar-refractivity contribution in [3.63, 3.8) is 0 Å². The zero-order valence-electron chi connectivity index (χ0n) is 11.9. The topological polar surface area (TPSA) is 75.6 Å². The van der Waals surface area contributed by atoms with E-state index < -0.39 is 22.4 Å². The molecule has 7 heteroatoms. The highest BCUT2D eigenvalue weighted by Crippen LogP contribution is 2.15. The Morgan fingerprint density at radius 1 is 1.43 bits per heavy atom. The molecule has 1 aromatic carbocycles. The fourth-order valence-corrected chi connectivity index (χ4v) is 2.35. The Kier molecular flexibility index (Phi) is 6.62. The number of hydrogen-bond donors (Lipinski definition) is 2. The van der Waals surface area contributed by atoms with Gasteiger partial charge in [-0.25, -0.2) is 12.8 Å². The molecular formula is C14H18FNO4S. The summed E-state index contributed by atoms with van der Waals surface area (Å²) in [4.78, 5) is 0. The minimum absolute atomic E-state index is 0.0164. The van der Waals surface area contributed by atoms with Crippen LogP contribution in [0.2, 0.25) is 0 Å². The van der Waals surface area contributed by atoms with Gasteiger partial charge in [0, 0.05) is 5.69 Å². The van der Waals surface area contributed by atoms with Gasteiger partial charge in [0.15, 0.2) is 0 Å². The summed E-state index contributed by atoms with van der Waals surface area (Å²) >= 11 is 0. The number of benzene rings is 1. The first kappa shape index (κ1) is 17.4. The average Bonchev–Trinajstić information content (AvgIpc) is 2.38. The summed E-state index contributed by atoms with van der Waals surface area (Å²) in [5.74, 6) is 3.95. The Morgan fingerprint density at radius 2 is 2.14 bits per heavy atom. The molecule has 116 valence electrons. The Labute approximate surface area is 124 Å². The Morgan fingerprint density at radius 3 is 2.76 bits per heavy atom. The SMILES string of the molecule is CC(C)OCCS(=O)(=O)Nc1ccc(F)c(C#CCO)c1. The van der Waals surface area contributed by atoms with Crippen LogP contribution >= 0.6 is 0 Å². The summed E-state index contributed by atoms with van der Waals surface area (Å²) in [7, 11) is -3.58. The smallest absolute Gasteiger partial charge is 0.235 e. The predicted molar refractivity (Wildman–Crippen MR) is 78.9 cm³/mol. The number of sulfonamides is 1. The highest BCUT2D eigenvalue weighted by molar-refractivity contribution is 7.92. The summed E-state index contributed by atoms with van der Waals surface area (Å²) in [6, 6.07) is 3.70. The van der Waals surface area contributed by atoms with Gasteiger partial charge in [0.05, 0.1) is 24.0 Å². The molecule has 0 heterocycles. The molecule has 5 nitrogen and oxygen atoms in total. The minimum Gasteiger partial charge on any atom is -0.384 e. The Balaban J connectivity index is 2.78. The largest absolute Gasteiger partial charge is 0.384 e.